The van der Waals surface area contributed by atoms with Gasteiger partial charge >= 0.3 is 0 Å². The van der Waals surface area contributed by atoms with Crippen LogP contribution in [0.5, 0.6) is 0 Å². The molecule has 0 saturated carbocycles. The zero-order valence-corrected chi connectivity index (χ0v) is 34.5. The van der Waals surface area contributed by atoms with E-state index in [0.717, 1.165) is 28.4 Å². The van der Waals surface area contributed by atoms with Crippen LogP contribution in [0, 0.1) is 0 Å². The molecular formula is C60H43NO. The fraction of sp³-hybridized carbons (Fsp3) is 0.0667. The molecule has 12 rings (SSSR count). The highest BCUT2D eigenvalue weighted by molar-refractivity contribution is 6.11. The molecule has 0 fully saturated rings. The van der Waals surface area contributed by atoms with Crippen molar-refractivity contribution >= 4 is 65.3 Å². The summed E-state index contributed by atoms with van der Waals surface area (Å²) >= 11 is 0. The molecule has 2 heteroatoms. The van der Waals surface area contributed by atoms with Gasteiger partial charge in [0.1, 0.15) is 11.2 Å². The first-order chi connectivity index (χ1) is 30.7. The van der Waals surface area contributed by atoms with E-state index in [2.05, 4.69) is 230 Å². The quantitative estimate of drug-likeness (QED) is 0.150. The van der Waals surface area contributed by atoms with Crippen molar-refractivity contribution < 1.29 is 4.42 Å². The van der Waals surface area contributed by atoms with E-state index in [1.807, 2.05) is 0 Å². The predicted molar refractivity (Wildman–Crippen MR) is 262 cm³/mol. The van der Waals surface area contributed by atoms with E-state index in [4.69, 9.17) is 4.42 Å². The second-order valence-electron chi connectivity index (χ2n) is 16.8. The Labute approximate surface area is 360 Å². The van der Waals surface area contributed by atoms with Crippen molar-refractivity contribution in [3.63, 3.8) is 0 Å². The number of nitrogens with zero attached hydrogens (tertiary/aromatic N) is 1. The minimum atomic E-state index is 0.164. The number of para-hydroxylation sites is 3. The zero-order chi connectivity index (χ0) is 41.1. The highest BCUT2D eigenvalue weighted by atomic mass is 16.3. The van der Waals surface area contributed by atoms with Crippen molar-refractivity contribution in [2.75, 3.05) is 0 Å². The van der Waals surface area contributed by atoms with Gasteiger partial charge in [0.2, 0.25) is 0 Å². The monoisotopic (exact) mass is 793 g/mol. The molecule has 0 radical (unpaired) electrons. The summed E-state index contributed by atoms with van der Waals surface area (Å²) in [6.45, 7) is 2.43. The van der Waals surface area contributed by atoms with E-state index < -0.39 is 0 Å². The predicted octanol–water partition coefficient (Wildman–Crippen LogP) is 16.5. The summed E-state index contributed by atoms with van der Waals surface area (Å²) in [6, 6.07) is 80.2. The first-order valence-corrected chi connectivity index (χ1v) is 21.8. The summed E-state index contributed by atoms with van der Waals surface area (Å²) in [4.78, 5) is 0. The van der Waals surface area contributed by atoms with Crippen molar-refractivity contribution in [1.29, 1.82) is 0 Å². The van der Waals surface area contributed by atoms with Gasteiger partial charge in [-0.25, -0.2) is 0 Å². The van der Waals surface area contributed by atoms with Gasteiger partial charge in [-0.15, -0.1) is 0 Å². The molecule has 0 spiro atoms. The van der Waals surface area contributed by atoms with E-state index in [1.165, 1.54) is 88.0 Å². The third kappa shape index (κ3) is 6.02. The fourth-order valence-electron chi connectivity index (χ4n) is 10.3. The van der Waals surface area contributed by atoms with E-state index in [0.29, 0.717) is 0 Å². The summed E-state index contributed by atoms with van der Waals surface area (Å²) in [6.07, 6.45) is 0.860. The Morgan fingerprint density at radius 1 is 0.419 bits per heavy atom. The molecule has 10 aromatic carbocycles. The summed E-state index contributed by atoms with van der Waals surface area (Å²) in [5.41, 5.74) is 14.5. The van der Waals surface area contributed by atoms with Crippen LogP contribution >= 0.6 is 0 Å². The Kier molecular flexibility index (Phi) is 8.64. The van der Waals surface area contributed by atoms with Gasteiger partial charge in [-0.1, -0.05) is 183 Å². The normalized spacial score (nSPS) is 12.9. The summed E-state index contributed by atoms with van der Waals surface area (Å²) < 4.78 is 8.93. The molecule has 0 aliphatic rings. The molecule has 2 aromatic heterocycles. The molecule has 2 unspecified atom stereocenters. The van der Waals surface area contributed by atoms with Crippen LogP contribution in [0.15, 0.2) is 223 Å². The third-order valence-electron chi connectivity index (χ3n) is 13.4. The molecule has 0 amide bonds. The SMILES string of the molecule is CC(c1ccccc1-c1ccc2oc3cc4ccccc4cc3c2c1)C(Cc1ccccc1-n1c2ccccc2c2ccccc21)c1ccc(-c2cccc3ccccc23)cc1. The topological polar surface area (TPSA) is 18.1 Å². The Hall–Kier alpha value is -7.68. The molecule has 0 aliphatic heterocycles. The average molecular weight is 794 g/mol. The maximum Gasteiger partial charge on any atom is 0.136 e. The molecule has 62 heavy (non-hydrogen) atoms. The lowest BCUT2D eigenvalue weighted by Crippen LogP contribution is -2.14. The molecule has 12 aromatic rings. The second kappa shape index (κ2) is 14.8. The maximum absolute atomic E-state index is 6.45. The Morgan fingerprint density at radius 3 is 1.79 bits per heavy atom. The van der Waals surface area contributed by atoms with Crippen LogP contribution in [0.4, 0.5) is 0 Å². The van der Waals surface area contributed by atoms with Crippen molar-refractivity contribution in [2.24, 2.45) is 0 Å². The van der Waals surface area contributed by atoms with Gasteiger partial charge in [0, 0.05) is 27.2 Å². The van der Waals surface area contributed by atoms with Crippen LogP contribution in [0.25, 0.3) is 93.2 Å². The Morgan fingerprint density at radius 2 is 1.00 bits per heavy atom. The number of rotatable bonds is 8. The third-order valence-corrected chi connectivity index (χ3v) is 13.4. The van der Waals surface area contributed by atoms with E-state index in [1.54, 1.807) is 0 Å². The number of fused-ring (bicyclic) bond motifs is 8. The van der Waals surface area contributed by atoms with Crippen LogP contribution in [0.1, 0.15) is 35.4 Å². The molecule has 0 aliphatic carbocycles. The summed E-state index contributed by atoms with van der Waals surface area (Å²) in [5, 5.41) is 9.79. The van der Waals surface area contributed by atoms with Crippen LogP contribution in [0.2, 0.25) is 0 Å². The smallest absolute Gasteiger partial charge is 0.136 e. The molecule has 0 bridgehead atoms. The summed E-state index contributed by atoms with van der Waals surface area (Å²) in [5.74, 6) is 0.332. The van der Waals surface area contributed by atoms with E-state index >= 15 is 0 Å². The van der Waals surface area contributed by atoms with E-state index in [-0.39, 0.29) is 11.8 Å². The lowest BCUT2D eigenvalue weighted by atomic mass is 9.76. The van der Waals surface area contributed by atoms with Gasteiger partial charge in [-0.05, 0) is 121 Å². The van der Waals surface area contributed by atoms with Crippen molar-refractivity contribution in [3.8, 4) is 27.9 Å². The van der Waals surface area contributed by atoms with E-state index in [9.17, 15) is 0 Å². The van der Waals surface area contributed by atoms with Crippen molar-refractivity contribution in [2.45, 2.75) is 25.2 Å². The number of benzene rings is 10. The highest BCUT2D eigenvalue weighted by Gasteiger charge is 2.26. The fourth-order valence-corrected chi connectivity index (χ4v) is 10.3. The minimum Gasteiger partial charge on any atom is -0.456 e. The van der Waals surface area contributed by atoms with Gasteiger partial charge in [-0.3, -0.25) is 0 Å². The van der Waals surface area contributed by atoms with Crippen molar-refractivity contribution in [1.82, 2.24) is 4.57 Å². The van der Waals surface area contributed by atoms with Gasteiger partial charge in [-0.2, -0.15) is 0 Å². The van der Waals surface area contributed by atoms with Crippen molar-refractivity contribution in [3.05, 3.63) is 235 Å². The second-order valence-corrected chi connectivity index (χ2v) is 16.8. The average Bonchev–Trinajstić information content (AvgIpc) is 3.87. The van der Waals surface area contributed by atoms with Crippen LogP contribution < -0.4 is 0 Å². The number of hydrogen-bond donors (Lipinski definition) is 0. The number of hydrogen-bond acceptors (Lipinski definition) is 1. The molecule has 0 N–H and O–H groups in total. The number of aromatic nitrogens is 1. The molecule has 2 atom stereocenters. The molecule has 2 heterocycles. The maximum atomic E-state index is 6.45. The van der Waals surface area contributed by atoms with Crippen LogP contribution in [-0.4, -0.2) is 4.57 Å². The Balaban J connectivity index is 1.000. The first kappa shape index (κ1) is 36.2. The lowest BCUT2D eigenvalue weighted by molar-refractivity contribution is 0.572. The van der Waals surface area contributed by atoms with Gasteiger partial charge in [0.25, 0.3) is 0 Å². The standard InChI is InChI=1S/C60H43NO/c1-39(47-20-7-8-22-50(47)45-33-34-59-54(36-45)55-35-43-16-2-3-17-44(43)38-60(55)62-59)53(42-31-29-41(30-32-42)49-25-14-19-40-15-4-6-21-48(40)49)37-46-18-5-11-26-56(46)61-57-27-12-9-23-51(57)52-24-10-13-28-58(52)61/h2-36,38-39,53H,37H2,1H3. The van der Waals surface area contributed by atoms with Crippen LogP contribution in [-0.2, 0) is 6.42 Å². The molecular weight excluding hydrogens is 751 g/mol. The minimum absolute atomic E-state index is 0.164. The van der Waals surface area contributed by atoms with Gasteiger partial charge in [0.15, 0.2) is 0 Å². The Bertz CT molecular complexity index is 3580. The van der Waals surface area contributed by atoms with Crippen LogP contribution in [0.3, 0.4) is 0 Å². The zero-order valence-electron chi connectivity index (χ0n) is 34.5. The molecule has 294 valence electrons. The molecule has 0 saturated heterocycles. The van der Waals surface area contributed by atoms with Gasteiger partial charge < -0.3 is 8.98 Å². The lowest BCUT2D eigenvalue weighted by Gasteiger charge is -2.28. The summed E-state index contributed by atoms with van der Waals surface area (Å²) in [7, 11) is 0. The van der Waals surface area contributed by atoms with Gasteiger partial charge in [0.05, 0.1) is 11.0 Å². The first-order valence-electron chi connectivity index (χ1n) is 21.8. The molecule has 2 nitrogen and oxygen atoms in total. The number of furan rings is 1. The largest absolute Gasteiger partial charge is 0.456 e. The highest BCUT2D eigenvalue weighted by Crippen LogP contribution is 2.44.